The molecule has 0 saturated carbocycles. The van der Waals surface area contributed by atoms with Crippen LogP contribution in [0.15, 0.2) is 70.3 Å². The van der Waals surface area contributed by atoms with Crippen molar-refractivity contribution >= 4 is 28.9 Å². The van der Waals surface area contributed by atoms with Gasteiger partial charge in [-0.3, -0.25) is 13.9 Å². The van der Waals surface area contributed by atoms with Gasteiger partial charge in [-0.25, -0.2) is 4.79 Å². The van der Waals surface area contributed by atoms with Gasteiger partial charge in [0.2, 0.25) is 5.95 Å². The normalized spacial score (nSPS) is 15.7. The fraction of sp³-hybridized carbons (Fsp3) is 0.269. The SMILES string of the molecule is COc1ccccc1N1C[C@@H](C)Cn2c1nc1c2c(=O)n(C/C=C\c2ccccc2)c(=O)n1C. The Hall–Kier alpha value is -4.07. The highest BCUT2D eigenvalue weighted by Crippen LogP contribution is 2.37. The summed E-state index contributed by atoms with van der Waals surface area (Å²) in [4.78, 5) is 33.5. The monoisotopic (exact) mass is 457 g/mol. The third-order valence-corrected chi connectivity index (χ3v) is 6.22. The average molecular weight is 458 g/mol. The van der Waals surface area contributed by atoms with Crippen LogP contribution in [0.2, 0.25) is 0 Å². The van der Waals surface area contributed by atoms with E-state index in [1.54, 1.807) is 14.2 Å². The maximum atomic E-state index is 13.6. The molecule has 34 heavy (non-hydrogen) atoms. The van der Waals surface area contributed by atoms with E-state index in [2.05, 4.69) is 11.8 Å². The molecule has 0 unspecified atom stereocenters. The Balaban J connectivity index is 1.65. The van der Waals surface area contributed by atoms with Crippen molar-refractivity contribution in [3.8, 4) is 5.75 Å². The lowest BCUT2D eigenvalue weighted by atomic mass is 10.1. The Morgan fingerprint density at radius 2 is 1.79 bits per heavy atom. The van der Waals surface area contributed by atoms with E-state index in [4.69, 9.17) is 9.72 Å². The molecule has 2 aromatic carbocycles. The molecule has 0 fully saturated rings. The molecular formula is C26H27N5O3. The number of fused-ring (bicyclic) bond motifs is 3. The first-order valence-electron chi connectivity index (χ1n) is 11.3. The van der Waals surface area contributed by atoms with E-state index in [1.165, 1.54) is 9.13 Å². The maximum absolute atomic E-state index is 13.6. The summed E-state index contributed by atoms with van der Waals surface area (Å²) in [5.41, 5.74) is 2.01. The van der Waals surface area contributed by atoms with E-state index in [0.29, 0.717) is 23.7 Å². The molecule has 3 heterocycles. The highest BCUT2D eigenvalue weighted by Gasteiger charge is 2.30. The number of imidazole rings is 1. The maximum Gasteiger partial charge on any atom is 0.332 e. The summed E-state index contributed by atoms with van der Waals surface area (Å²) in [6, 6.07) is 17.5. The van der Waals surface area contributed by atoms with Crippen molar-refractivity contribution in [2.45, 2.75) is 20.0 Å². The Bertz CT molecular complexity index is 1500. The quantitative estimate of drug-likeness (QED) is 0.459. The van der Waals surface area contributed by atoms with Gasteiger partial charge in [0.1, 0.15) is 5.75 Å². The molecule has 0 amide bonds. The van der Waals surface area contributed by atoms with Gasteiger partial charge < -0.3 is 14.2 Å². The van der Waals surface area contributed by atoms with Crippen LogP contribution in [0.3, 0.4) is 0 Å². The number of benzene rings is 2. The predicted octanol–water partition coefficient (Wildman–Crippen LogP) is 3.41. The van der Waals surface area contributed by atoms with Crippen molar-refractivity contribution in [3.63, 3.8) is 0 Å². The van der Waals surface area contributed by atoms with Crippen LogP contribution in [-0.2, 0) is 20.1 Å². The van der Waals surface area contributed by atoms with Crippen LogP contribution in [0.4, 0.5) is 11.6 Å². The Labute approximate surface area is 197 Å². The lowest BCUT2D eigenvalue weighted by molar-refractivity contribution is 0.409. The number of rotatable bonds is 5. The van der Waals surface area contributed by atoms with Crippen molar-refractivity contribution in [3.05, 3.63) is 87.1 Å². The first kappa shape index (κ1) is 21.8. The van der Waals surface area contributed by atoms with Gasteiger partial charge in [0, 0.05) is 26.7 Å². The molecule has 0 saturated heterocycles. The molecule has 4 aromatic rings. The van der Waals surface area contributed by atoms with E-state index < -0.39 is 0 Å². The van der Waals surface area contributed by atoms with E-state index in [1.807, 2.05) is 71.3 Å². The summed E-state index contributed by atoms with van der Waals surface area (Å²) < 4.78 is 10.3. The summed E-state index contributed by atoms with van der Waals surface area (Å²) in [5.74, 6) is 1.63. The molecule has 2 aromatic heterocycles. The second-order valence-corrected chi connectivity index (χ2v) is 8.65. The van der Waals surface area contributed by atoms with Crippen LogP contribution in [-0.4, -0.2) is 32.3 Å². The van der Waals surface area contributed by atoms with Gasteiger partial charge in [0.05, 0.1) is 12.8 Å². The average Bonchev–Trinajstić information content (AvgIpc) is 3.24. The second-order valence-electron chi connectivity index (χ2n) is 8.65. The van der Waals surface area contributed by atoms with Gasteiger partial charge in [0.15, 0.2) is 11.2 Å². The van der Waals surface area contributed by atoms with Crippen molar-refractivity contribution in [1.29, 1.82) is 0 Å². The second kappa shape index (κ2) is 8.70. The van der Waals surface area contributed by atoms with Crippen LogP contribution in [0.25, 0.3) is 17.2 Å². The molecule has 1 aliphatic heterocycles. The fourth-order valence-electron chi connectivity index (χ4n) is 4.58. The lowest BCUT2D eigenvalue weighted by Gasteiger charge is -2.33. The number of nitrogens with zero attached hydrogens (tertiary/aromatic N) is 5. The Morgan fingerprint density at radius 1 is 1.06 bits per heavy atom. The molecule has 1 aliphatic rings. The standard InChI is InChI=1S/C26H27N5O3/c1-18-16-30(20-13-7-8-14-21(20)34-3)25-27-23-22(31(25)17-18)24(32)29(26(33)28(23)2)15-9-12-19-10-5-4-6-11-19/h4-14,18H,15-17H2,1-3H3/b12-9-/t18-/m1/s1. The summed E-state index contributed by atoms with van der Waals surface area (Å²) in [6.07, 6.45) is 3.74. The highest BCUT2D eigenvalue weighted by molar-refractivity contribution is 5.78. The van der Waals surface area contributed by atoms with Gasteiger partial charge >= 0.3 is 5.69 Å². The molecule has 0 aliphatic carbocycles. The summed E-state index contributed by atoms with van der Waals surface area (Å²) in [6.45, 7) is 3.69. The third-order valence-electron chi connectivity index (χ3n) is 6.22. The van der Waals surface area contributed by atoms with Crippen LogP contribution < -0.4 is 20.9 Å². The number of ether oxygens (including phenoxy) is 1. The zero-order valence-corrected chi connectivity index (χ0v) is 19.5. The van der Waals surface area contributed by atoms with Gasteiger partial charge in [-0.05, 0) is 23.6 Å². The van der Waals surface area contributed by atoms with Crippen molar-refractivity contribution in [1.82, 2.24) is 18.7 Å². The van der Waals surface area contributed by atoms with E-state index in [0.717, 1.165) is 23.5 Å². The first-order chi connectivity index (χ1) is 16.5. The molecule has 8 nitrogen and oxygen atoms in total. The predicted molar refractivity (Wildman–Crippen MR) is 134 cm³/mol. The minimum absolute atomic E-state index is 0.183. The zero-order chi connectivity index (χ0) is 23.8. The molecule has 5 rings (SSSR count). The van der Waals surface area contributed by atoms with Gasteiger partial charge in [-0.2, -0.15) is 4.98 Å². The van der Waals surface area contributed by atoms with E-state index in [9.17, 15) is 9.59 Å². The minimum atomic E-state index is -0.387. The number of para-hydroxylation sites is 2. The molecule has 8 heteroatoms. The topological polar surface area (TPSA) is 74.3 Å². The number of allylic oxidation sites excluding steroid dienone is 1. The Morgan fingerprint density at radius 3 is 2.56 bits per heavy atom. The van der Waals surface area contributed by atoms with Gasteiger partial charge in [-0.15, -0.1) is 0 Å². The molecule has 0 bridgehead atoms. The number of aromatic nitrogens is 4. The smallest absolute Gasteiger partial charge is 0.332 e. The number of hydrogen-bond donors (Lipinski definition) is 0. The summed E-state index contributed by atoms with van der Waals surface area (Å²) >= 11 is 0. The van der Waals surface area contributed by atoms with Crippen molar-refractivity contribution < 1.29 is 4.74 Å². The molecule has 174 valence electrons. The van der Waals surface area contributed by atoms with Crippen LogP contribution in [0.1, 0.15) is 12.5 Å². The van der Waals surface area contributed by atoms with E-state index in [-0.39, 0.29) is 23.7 Å². The largest absolute Gasteiger partial charge is 0.495 e. The highest BCUT2D eigenvalue weighted by atomic mass is 16.5. The molecule has 0 spiro atoms. The number of aryl methyl sites for hydroxylation is 1. The number of methoxy groups -OCH3 is 1. The van der Waals surface area contributed by atoms with Gasteiger partial charge in [0.25, 0.3) is 5.56 Å². The van der Waals surface area contributed by atoms with Crippen LogP contribution in [0, 0.1) is 5.92 Å². The van der Waals surface area contributed by atoms with Gasteiger partial charge in [-0.1, -0.05) is 61.5 Å². The van der Waals surface area contributed by atoms with Crippen molar-refractivity contribution in [2.24, 2.45) is 13.0 Å². The molecular weight excluding hydrogens is 430 g/mol. The summed E-state index contributed by atoms with van der Waals surface area (Å²) in [5, 5.41) is 0. The molecule has 1 atom stereocenters. The molecule has 0 N–H and O–H groups in total. The minimum Gasteiger partial charge on any atom is -0.495 e. The summed E-state index contributed by atoms with van der Waals surface area (Å²) in [7, 11) is 3.30. The van der Waals surface area contributed by atoms with Crippen LogP contribution in [0.5, 0.6) is 5.75 Å². The Kier molecular flexibility index (Phi) is 5.57. The lowest BCUT2D eigenvalue weighted by Crippen LogP contribution is -2.40. The van der Waals surface area contributed by atoms with E-state index >= 15 is 0 Å². The number of anilines is 2. The number of hydrogen-bond acceptors (Lipinski definition) is 5. The molecule has 0 radical (unpaired) electrons. The van der Waals surface area contributed by atoms with Crippen LogP contribution >= 0.6 is 0 Å². The third kappa shape index (κ3) is 3.61. The fourth-order valence-corrected chi connectivity index (χ4v) is 4.58. The van der Waals surface area contributed by atoms with Crippen molar-refractivity contribution in [2.75, 3.05) is 18.6 Å². The zero-order valence-electron chi connectivity index (χ0n) is 19.5. The first-order valence-corrected chi connectivity index (χ1v) is 11.3.